The highest BCUT2D eigenvalue weighted by atomic mass is 16.5. The Bertz CT molecular complexity index is 1050. The van der Waals surface area contributed by atoms with Crippen LogP contribution in [0.2, 0.25) is 0 Å². The lowest BCUT2D eigenvalue weighted by molar-refractivity contribution is 0.430. The number of anilines is 3. The average molecular weight is 345 g/mol. The number of rotatable bonds is 4. The molecule has 0 amide bonds. The summed E-state index contributed by atoms with van der Waals surface area (Å²) >= 11 is 0. The lowest BCUT2D eigenvalue weighted by Crippen LogP contribution is -2.15. The number of nitrogens with one attached hydrogen (secondary N) is 1. The molecule has 0 aliphatic rings. The molecule has 4 aromatic rings. The lowest BCUT2D eigenvalue weighted by atomic mass is 9.97. The number of aromatic nitrogens is 7. The van der Waals surface area contributed by atoms with Gasteiger partial charge in [-0.15, -0.1) is 0 Å². The van der Waals surface area contributed by atoms with E-state index < -0.39 is 0 Å². The Balaban J connectivity index is 1.71. The highest BCUT2D eigenvalue weighted by molar-refractivity contribution is 6.35. The minimum atomic E-state index is 0.0418. The molecular weight excluding hydrogens is 333 g/mol. The third kappa shape index (κ3) is 2.86. The van der Waals surface area contributed by atoms with Gasteiger partial charge in [-0.2, -0.15) is 25.0 Å². The first-order chi connectivity index (χ1) is 12.6. The molecule has 3 heterocycles. The average Bonchev–Trinajstić information content (AvgIpc) is 3.30. The van der Waals surface area contributed by atoms with E-state index in [0.29, 0.717) is 17.1 Å². The Kier molecular flexibility index (Phi) is 3.80. The van der Waals surface area contributed by atoms with E-state index in [0.717, 1.165) is 5.69 Å². The molecule has 0 spiro atoms. The summed E-state index contributed by atoms with van der Waals surface area (Å²) in [6.07, 6.45) is 1.45. The fourth-order valence-electron chi connectivity index (χ4n) is 2.28. The van der Waals surface area contributed by atoms with E-state index >= 15 is 0 Å². The first-order valence-electron chi connectivity index (χ1n) is 7.55. The number of hydrogen-bond acceptors (Lipinski definition) is 9. The van der Waals surface area contributed by atoms with Gasteiger partial charge >= 0.3 is 0 Å². The Labute approximate surface area is 148 Å². The van der Waals surface area contributed by atoms with E-state index in [2.05, 4.69) is 35.3 Å². The standard InChI is InChI=1S/C15H12BN9O/c1-25(8-5-3-2-4-6-8)15-21-11(20-14(17)22-15)12-19-13(26-24-12)10-9(16)7-18-23-10/h2-7H,1H3,(H,18,23)(H2,17,20,21,22). The maximum absolute atomic E-state index is 5.83. The maximum atomic E-state index is 5.83. The van der Waals surface area contributed by atoms with Gasteiger partial charge in [-0.05, 0) is 17.6 Å². The van der Waals surface area contributed by atoms with Gasteiger partial charge in [0, 0.05) is 18.9 Å². The second kappa shape index (κ2) is 6.28. The summed E-state index contributed by atoms with van der Waals surface area (Å²) in [5.41, 5.74) is 7.53. The van der Waals surface area contributed by atoms with Crippen molar-refractivity contribution < 1.29 is 4.52 Å². The molecule has 0 saturated carbocycles. The number of benzene rings is 1. The zero-order valence-corrected chi connectivity index (χ0v) is 13.7. The Morgan fingerprint density at radius 3 is 2.62 bits per heavy atom. The molecule has 0 aliphatic carbocycles. The van der Waals surface area contributed by atoms with Crippen LogP contribution in [0.5, 0.6) is 0 Å². The van der Waals surface area contributed by atoms with Crippen LogP contribution in [0.3, 0.4) is 0 Å². The van der Waals surface area contributed by atoms with Gasteiger partial charge in [0.15, 0.2) is 0 Å². The van der Waals surface area contributed by atoms with Gasteiger partial charge < -0.3 is 15.2 Å². The summed E-state index contributed by atoms with van der Waals surface area (Å²) in [5.74, 6) is 0.910. The summed E-state index contributed by atoms with van der Waals surface area (Å²) in [6, 6.07) is 9.60. The van der Waals surface area contributed by atoms with Crippen LogP contribution >= 0.6 is 0 Å². The quantitative estimate of drug-likeness (QED) is 0.505. The molecular formula is C15H12BN9O. The van der Waals surface area contributed by atoms with Crippen molar-refractivity contribution in [3.63, 3.8) is 0 Å². The zero-order valence-electron chi connectivity index (χ0n) is 13.7. The first-order valence-corrected chi connectivity index (χ1v) is 7.55. The lowest BCUT2D eigenvalue weighted by Gasteiger charge is -2.17. The SMILES string of the molecule is [B]c1cn[nH]c1-c1nc(-c2nc(N)nc(N(C)c3ccccc3)n2)no1. The van der Waals surface area contributed by atoms with Crippen molar-refractivity contribution >= 4 is 30.9 Å². The number of hydrogen-bond donors (Lipinski definition) is 2. The van der Waals surface area contributed by atoms with Crippen molar-refractivity contribution in [1.82, 2.24) is 35.3 Å². The summed E-state index contributed by atoms with van der Waals surface area (Å²) in [7, 11) is 7.60. The van der Waals surface area contributed by atoms with Crippen molar-refractivity contribution in [3.8, 4) is 23.2 Å². The van der Waals surface area contributed by atoms with Gasteiger partial charge in [-0.1, -0.05) is 23.4 Å². The Morgan fingerprint density at radius 2 is 1.88 bits per heavy atom. The smallest absolute Gasteiger partial charge is 0.275 e. The third-order valence-electron chi connectivity index (χ3n) is 3.59. The number of nitrogens with two attached hydrogens (primary N) is 1. The van der Waals surface area contributed by atoms with Crippen LogP contribution in [0.1, 0.15) is 0 Å². The monoisotopic (exact) mass is 345 g/mol. The fourth-order valence-corrected chi connectivity index (χ4v) is 2.28. The topological polar surface area (TPSA) is 136 Å². The number of nitrogen functional groups attached to an aromatic ring is 1. The number of nitrogens with zero attached hydrogens (tertiary/aromatic N) is 7. The Hall–Kier alpha value is -3.76. The molecule has 11 heteroatoms. The zero-order chi connectivity index (χ0) is 18.1. The summed E-state index contributed by atoms with van der Waals surface area (Å²) < 4.78 is 5.20. The predicted octanol–water partition coefficient (Wildman–Crippen LogP) is 0.456. The van der Waals surface area contributed by atoms with E-state index in [-0.39, 0.29) is 23.5 Å². The van der Waals surface area contributed by atoms with E-state index in [9.17, 15) is 0 Å². The molecule has 4 rings (SSSR count). The van der Waals surface area contributed by atoms with Gasteiger partial charge in [-0.3, -0.25) is 5.10 Å². The molecule has 0 atom stereocenters. The number of H-pyrrole nitrogens is 1. The molecule has 126 valence electrons. The first kappa shape index (κ1) is 15.8. The molecule has 10 nitrogen and oxygen atoms in total. The highest BCUT2D eigenvalue weighted by Gasteiger charge is 2.18. The predicted molar refractivity (Wildman–Crippen MR) is 95.0 cm³/mol. The molecule has 2 radical (unpaired) electrons. The van der Waals surface area contributed by atoms with Gasteiger partial charge in [0.2, 0.25) is 23.5 Å². The molecule has 3 aromatic heterocycles. The molecule has 26 heavy (non-hydrogen) atoms. The second-order valence-corrected chi connectivity index (χ2v) is 5.34. The van der Waals surface area contributed by atoms with Crippen molar-refractivity contribution in [3.05, 3.63) is 36.5 Å². The van der Waals surface area contributed by atoms with Crippen LogP contribution in [-0.4, -0.2) is 50.2 Å². The van der Waals surface area contributed by atoms with E-state index in [1.54, 1.807) is 4.90 Å². The minimum absolute atomic E-state index is 0.0418. The van der Waals surface area contributed by atoms with Crippen molar-refractivity contribution in [1.29, 1.82) is 0 Å². The second-order valence-electron chi connectivity index (χ2n) is 5.34. The van der Waals surface area contributed by atoms with Crippen molar-refractivity contribution in [2.45, 2.75) is 0 Å². The van der Waals surface area contributed by atoms with Crippen LogP contribution < -0.4 is 16.1 Å². The van der Waals surface area contributed by atoms with Crippen LogP contribution in [0.25, 0.3) is 23.2 Å². The van der Waals surface area contributed by atoms with Crippen molar-refractivity contribution in [2.75, 3.05) is 17.7 Å². The van der Waals surface area contributed by atoms with Crippen LogP contribution in [0.15, 0.2) is 41.1 Å². The number of para-hydroxylation sites is 1. The van der Waals surface area contributed by atoms with Gasteiger partial charge in [0.05, 0.1) is 0 Å². The van der Waals surface area contributed by atoms with Crippen LogP contribution in [-0.2, 0) is 0 Å². The molecule has 1 aromatic carbocycles. The van der Waals surface area contributed by atoms with E-state index in [4.69, 9.17) is 18.1 Å². The van der Waals surface area contributed by atoms with Crippen LogP contribution in [0.4, 0.5) is 17.6 Å². The van der Waals surface area contributed by atoms with E-state index in [1.165, 1.54) is 6.20 Å². The van der Waals surface area contributed by atoms with Gasteiger partial charge in [0.25, 0.3) is 5.89 Å². The van der Waals surface area contributed by atoms with Crippen molar-refractivity contribution in [2.24, 2.45) is 0 Å². The molecule has 3 N–H and O–H groups in total. The summed E-state index contributed by atoms with van der Waals surface area (Å²) in [4.78, 5) is 18.6. The minimum Gasteiger partial charge on any atom is -0.368 e. The summed E-state index contributed by atoms with van der Waals surface area (Å²) in [5, 5.41) is 10.4. The van der Waals surface area contributed by atoms with E-state index in [1.807, 2.05) is 37.4 Å². The molecule has 0 fully saturated rings. The maximum Gasteiger partial charge on any atom is 0.275 e. The highest BCUT2D eigenvalue weighted by Crippen LogP contribution is 2.23. The normalized spacial score (nSPS) is 10.8. The fraction of sp³-hybridized carbons (Fsp3) is 0.0667. The molecule has 0 unspecified atom stereocenters. The number of aromatic amines is 1. The molecule has 0 aliphatic heterocycles. The molecule has 0 bridgehead atoms. The van der Waals surface area contributed by atoms with Gasteiger partial charge in [0.1, 0.15) is 13.5 Å². The Morgan fingerprint density at radius 1 is 1.08 bits per heavy atom. The largest absolute Gasteiger partial charge is 0.368 e. The van der Waals surface area contributed by atoms with Gasteiger partial charge in [-0.25, -0.2) is 0 Å². The van der Waals surface area contributed by atoms with Crippen LogP contribution in [0, 0.1) is 0 Å². The summed E-state index contributed by atoms with van der Waals surface area (Å²) in [6.45, 7) is 0. The third-order valence-corrected chi connectivity index (χ3v) is 3.59. The molecule has 0 saturated heterocycles.